The van der Waals surface area contributed by atoms with E-state index in [0.717, 1.165) is 12.8 Å². The molecule has 1 aliphatic heterocycles. The van der Waals surface area contributed by atoms with Gasteiger partial charge in [-0.1, -0.05) is 0 Å². The number of sulfonamides is 1. The molecule has 0 bridgehead atoms. The Hall–Kier alpha value is -0.830. The number of ether oxygens (including phenoxy) is 2. The van der Waals surface area contributed by atoms with Gasteiger partial charge in [0.15, 0.2) is 11.5 Å². The third-order valence-corrected chi connectivity index (χ3v) is 6.67. The fraction of sp³-hybridized carbons (Fsp3) is 0.571. The van der Waals surface area contributed by atoms with E-state index < -0.39 is 10.0 Å². The molecule has 1 aromatic carbocycles. The lowest BCUT2D eigenvalue weighted by molar-refractivity contribution is 0.292. The number of benzene rings is 1. The second-order valence-corrected chi connectivity index (χ2v) is 7.89. The van der Waals surface area contributed by atoms with Crippen LogP contribution in [0.2, 0.25) is 0 Å². The zero-order valence-electron chi connectivity index (χ0n) is 12.9. The predicted octanol–water partition coefficient (Wildman–Crippen LogP) is 1.84. The molecule has 124 valence electrons. The van der Waals surface area contributed by atoms with E-state index in [9.17, 15) is 8.42 Å². The largest absolute Gasteiger partial charge is 0.493 e. The highest BCUT2D eigenvalue weighted by Gasteiger charge is 2.32. The van der Waals surface area contributed by atoms with E-state index in [1.807, 2.05) is 7.05 Å². The van der Waals surface area contributed by atoms with Crippen LogP contribution in [0, 0.1) is 0 Å². The molecule has 0 spiro atoms. The van der Waals surface area contributed by atoms with Gasteiger partial charge in [0.25, 0.3) is 0 Å². The lowest BCUT2D eigenvalue weighted by Crippen LogP contribution is -2.46. The summed E-state index contributed by atoms with van der Waals surface area (Å²) in [4.78, 5) is 0.196. The molecule has 1 aliphatic rings. The number of nitrogens with one attached hydrogen (secondary N) is 1. The number of piperidine rings is 1. The summed E-state index contributed by atoms with van der Waals surface area (Å²) in [6.07, 6.45) is 1.82. The van der Waals surface area contributed by atoms with Gasteiger partial charge in [-0.2, -0.15) is 4.31 Å². The third kappa shape index (κ3) is 3.40. The molecular formula is C14H21BrN2O4S. The molecule has 0 aliphatic carbocycles. The van der Waals surface area contributed by atoms with Crippen molar-refractivity contribution in [2.75, 3.05) is 34.4 Å². The van der Waals surface area contributed by atoms with Crippen molar-refractivity contribution in [2.24, 2.45) is 0 Å². The monoisotopic (exact) mass is 392 g/mol. The Morgan fingerprint density at radius 2 is 1.91 bits per heavy atom. The molecule has 6 nitrogen and oxygen atoms in total. The highest BCUT2D eigenvalue weighted by Crippen LogP contribution is 2.37. The van der Waals surface area contributed by atoms with Gasteiger partial charge < -0.3 is 14.8 Å². The number of hydrogen-bond acceptors (Lipinski definition) is 5. The van der Waals surface area contributed by atoms with Gasteiger partial charge in [0.2, 0.25) is 10.0 Å². The van der Waals surface area contributed by atoms with Gasteiger partial charge in [0.05, 0.1) is 14.2 Å². The Labute approximate surface area is 140 Å². The Morgan fingerprint density at radius 1 is 1.27 bits per heavy atom. The molecule has 1 saturated heterocycles. The minimum Gasteiger partial charge on any atom is -0.493 e. The minimum atomic E-state index is -3.58. The van der Waals surface area contributed by atoms with Crippen LogP contribution in [0.4, 0.5) is 0 Å². The standard InChI is InChI=1S/C14H21BrN2O4S/c1-16-10-5-4-6-17(9-10)22(18,19)14-8-13(21-3)12(20-2)7-11(14)15/h7-8,10,16H,4-6,9H2,1-3H3/t10-/m1/s1. The zero-order chi connectivity index (χ0) is 16.3. The highest BCUT2D eigenvalue weighted by atomic mass is 79.9. The lowest BCUT2D eigenvalue weighted by Gasteiger charge is -2.32. The van der Waals surface area contributed by atoms with Crippen molar-refractivity contribution in [1.82, 2.24) is 9.62 Å². The Morgan fingerprint density at radius 3 is 2.50 bits per heavy atom. The Kier molecular flexibility index (Phi) is 5.70. The molecule has 0 amide bonds. The van der Waals surface area contributed by atoms with Gasteiger partial charge in [-0.25, -0.2) is 8.42 Å². The summed E-state index contributed by atoms with van der Waals surface area (Å²) in [5.74, 6) is 0.881. The summed E-state index contributed by atoms with van der Waals surface area (Å²) >= 11 is 3.33. The van der Waals surface area contributed by atoms with Gasteiger partial charge >= 0.3 is 0 Å². The first-order valence-electron chi connectivity index (χ1n) is 7.03. The Balaban J connectivity index is 2.40. The summed E-state index contributed by atoms with van der Waals surface area (Å²) in [6.45, 7) is 1.00. The average molecular weight is 393 g/mol. The second-order valence-electron chi connectivity index (χ2n) is 5.13. The van der Waals surface area contributed by atoms with Crippen molar-refractivity contribution in [3.63, 3.8) is 0 Å². The average Bonchev–Trinajstić information content (AvgIpc) is 2.54. The van der Waals surface area contributed by atoms with Gasteiger partial charge in [-0.3, -0.25) is 0 Å². The van der Waals surface area contributed by atoms with Crippen LogP contribution in [0.5, 0.6) is 11.5 Å². The summed E-state index contributed by atoms with van der Waals surface area (Å²) in [7, 11) is 1.27. The molecule has 1 N–H and O–H groups in total. The van der Waals surface area contributed by atoms with Crippen LogP contribution in [0.15, 0.2) is 21.5 Å². The molecule has 8 heteroatoms. The number of halogens is 1. The van der Waals surface area contributed by atoms with Gasteiger partial charge in [-0.15, -0.1) is 0 Å². The van der Waals surface area contributed by atoms with E-state index in [1.54, 1.807) is 6.07 Å². The predicted molar refractivity (Wildman–Crippen MR) is 88.1 cm³/mol. The van der Waals surface area contributed by atoms with E-state index in [0.29, 0.717) is 29.1 Å². The van der Waals surface area contributed by atoms with Crippen LogP contribution in [-0.2, 0) is 10.0 Å². The first kappa shape index (κ1) is 17.5. The van der Waals surface area contributed by atoms with E-state index in [1.165, 1.54) is 24.6 Å². The first-order chi connectivity index (χ1) is 10.4. The number of methoxy groups -OCH3 is 2. The van der Waals surface area contributed by atoms with E-state index >= 15 is 0 Å². The molecule has 1 aromatic rings. The fourth-order valence-corrected chi connectivity index (χ4v) is 5.09. The normalized spacial score (nSPS) is 19.9. The van der Waals surface area contributed by atoms with Gasteiger partial charge in [0, 0.05) is 29.7 Å². The summed E-state index contributed by atoms with van der Waals surface area (Å²) in [5, 5.41) is 3.15. The van der Waals surface area contributed by atoms with Crippen LogP contribution < -0.4 is 14.8 Å². The van der Waals surface area contributed by atoms with E-state index in [4.69, 9.17) is 9.47 Å². The van der Waals surface area contributed by atoms with Crippen molar-refractivity contribution in [3.05, 3.63) is 16.6 Å². The van der Waals surface area contributed by atoms with Crippen molar-refractivity contribution < 1.29 is 17.9 Å². The molecule has 0 radical (unpaired) electrons. The summed E-state index contributed by atoms with van der Waals surface area (Å²) < 4.78 is 38.2. The SMILES string of the molecule is CN[C@@H]1CCCN(S(=O)(=O)c2cc(OC)c(OC)cc2Br)C1. The van der Waals surface area contributed by atoms with Crippen LogP contribution in [0.25, 0.3) is 0 Å². The maximum Gasteiger partial charge on any atom is 0.244 e. The maximum atomic E-state index is 12.9. The van der Waals surface area contributed by atoms with Gasteiger partial charge in [0.1, 0.15) is 4.90 Å². The molecule has 1 heterocycles. The summed E-state index contributed by atoms with van der Waals surface area (Å²) in [5.41, 5.74) is 0. The lowest BCUT2D eigenvalue weighted by atomic mass is 10.1. The summed E-state index contributed by atoms with van der Waals surface area (Å²) in [6, 6.07) is 3.30. The second kappa shape index (κ2) is 7.16. The van der Waals surface area contributed by atoms with E-state index in [2.05, 4.69) is 21.2 Å². The van der Waals surface area contributed by atoms with Crippen LogP contribution in [-0.4, -0.2) is 53.1 Å². The molecule has 2 rings (SSSR count). The van der Waals surface area contributed by atoms with Crippen LogP contribution in [0.3, 0.4) is 0 Å². The topological polar surface area (TPSA) is 67.9 Å². The molecule has 0 unspecified atom stereocenters. The van der Waals surface area contributed by atoms with E-state index in [-0.39, 0.29) is 10.9 Å². The number of hydrogen-bond donors (Lipinski definition) is 1. The van der Waals surface area contributed by atoms with Crippen molar-refractivity contribution in [3.8, 4) is 11.5 Å². The highest BCUT2D eigenvalue weighted by molar-refractivity contribution is 9.10. The Bertz CT molecular complexity index is 636. The minimum absolute atomic E-state index is 0.183. The molecule has 1 atom stereocenters. The molecule has 0 aromatic heterocycles. The molecule has 0 saturated carbocycles. The van der Waals surface area contributed by atoms with Crippen LogP contribution in [0.1, 0.15) is 12.8 Å². The van der Waals surface area contributed by atoms with Crippen molar-refractivity contribution >= 4 is 26.0 Å². The number of nitrogens with zero attached hydrogens (tertiary/aromatic N) is 1. The number of rotatable bonds is 5. The van der Waals surface area contributed by atoms with Gasteiger partial charge in [-0.05, 0) is 41.9 Å². The van der Waals surface area contributed by atoms with Crippen LogP contribution >= 0.6 is 15.9 Å². The van der Waals surface area contributed by atoms with Crippen molar-refractivity contribution in [1.29, 1.82) is 0 Å². The van der Waals surface area contributed by atoms with Crippen molar-refractivity contribution in [2.45, 2.75) is 23.8 Å². The molecule has 1 fully saturated rings. The molecule has 22 heavy (non-hydrogen) atoms. The molecular weight excluding hydrogens is 372 g/mol. The fourth-order valence-electron chi connectivity index (χ4n) is 2.57. The smallest absolute Gasteiger partial charge is 0.244 e. The zero-order valence-corrected chi connectivity index (χ0v) is 15.3. The quantitative estimate of drug-likeness (QED) is 0.827. The number of likely N-dealkylation sites (N-methyl/N-ethyl adjacent to an activating group) is 1. The third-order valence-electron chi connectivity index (χ3n) is 3.85. The maximum absolute atomic E-state index is 12.9. The first-order valence-corrected chi connectivity index (χ1v) is 9.26.